The molecule has 2 aromatic rings. The summed E-state index contributed by atoms with van der Waals surface area (Å²) in [5.74, 6) is -0.00579. The Kier molecular flexibility index (Phi) is 4.26. The first-order valence-corrected chi connectivity index (χ1v) is 8.32. The lowest BCUT2D eigenvalue weighted by Gasteiger charge is -2.38. The number of fused-ring (bicyclic) bond motifs is 1. The number of aryl methyl sites for hydroxylation is 1. The van der Waals surface area contributed by atoms with Crippen LogP contribution in [0.1, 0.15) is 32.4 Å². The quantitative estimate of drug-likeness (QED) is 0.923. The Hall–Kier alpha value is -2.43. The molecule has 5 heteroatoms. The first-order valence-electron chi connectivity index (χ1n) is 8.32. The highest BCUT2D eigenvalue weighted by atomic mass is 16.2. The number of amides is 2. The summed E-state index contributed by atoms with van der Waals surface area (Å²) in [5, 5.41) is 4.01. The van der Waals surface area contributed by atoms with Crippen molar-refractivity contribution in [3.8, 4) is 0 Å². The molecule has 2 heterocycles. The Morgan fingerprint density at radius 3 is 2.79 bits per heavy atom. The number of piperidine rings is 1. The van der Waals surface area contributed by atoms with Gasteiger partial charge in [0.25, 0.3) is 0 Å². The van der Waals surface area contributed by atoms with E-state index in [1.807, 2.05) is 44.2 Å². The van der Waals surface area contributed by atoms with Crippen molar-refractivity contribution < 1.29 is 9.59 Å². The van der Waals surface area contributed by atoms with E-state index < -0.39 is 5.41 Å². The fourth-order valence-electron chi connectivity index (χ4n) is 3.28. The Bertz CT molecular complexity index is 802. The summed E-state index contributed by atoms with van der Waals surface area (Å²) in [4.78, 5) is 30.6. The van der Waals surface area contributed by atoms with Gasteiger partial charge in [0.2, 0.25) is 11.8 Å². The summed E-state index contributed by atoms with van der Waals surface area (Å²) in [6.07, 6.45) is 1.64. The number of carbonyl (C=O) groups is 2. The molecule has 1 atom stereocenters. The number of nitrogens with zero attached hydrogens (tertiary/aromatic N) is 2. The molecule has 0 aliphatic carbocycles. The van der Waals surface area contributed by atoms with Gasteiger partial charge in [-0.1, -0.05) is 6.07 Å². The van der Waals surface area contributed by atoms with Crippen molar-refractivity contribution in [2.45, 2.75) is 33.6 Å². The molecule has 1 saturated heterocycles. The molecular formula is C19H23N3O2. The molecule has 24 heavy (non-hydrogen) atoms. The second-order valence-corrected chi connectivity index (χ2v) is 6.92. The van der Waals surface area contributed by atoms with Crippen molar-refractivity contribution in [1.82, 2.24) is 9.88 Å². The van der Waals surface area contributed by atoms with Gasteiger partial charge in [0.15, 0.2) is 0 Å². The van der Waals surface area contributed by atoms with E-state index in [9.17, 15) is 9.59 Å². The number of benzene rings is 1. The van der Waals surface area contributed by atoms with Crippen LogP contribution in [0.4, 0.5) is 5.69 Å². The zero-order chi connectivity index (χ0) is 17.3. The van der Waals surface area contributed by atoms with Crippen LogP contribution >= 0.6 is 0 Å². The number of nitrogens with one attached hydrogen (secondary N) is 1. The molecular weight excluding hydrogens is 302 g/mol. The van der Waals surface area contributed by atoms with Gasteiger partial charge in [-0.15, -0.1) is 0 Å². The van der Waals surface area contributed by atoms with Crippen molar-refractivity contribution in [3.05, 3.63) is 36.0 Å². The van der Waals surface area contributed by atoms with Crippen LogP contribution in [0.25, 0.3) is 10.9 Å². The summed E-state index contributed by atoms with van der Waals surface area (Å²) in [5.41, 5.74) is 2.10. The normalized spacial score (nSPS) is 20.9. The lowest BCUT2D eigenvalue weighted by molar-refractivity contribution is -0.136. The van der Waals surface area contributed by atoms with E-state index in [0.717, 1.165) is 41.7 Å². The zero-order valence-corrected chi connectivity index (χ0v) is 14.4. The van der Waals surface area contributed by atoms with E-state index in [1.54, 1.807) is 11.8 Å². The molecule has 1 aromatic heterocycles. The van der Waals surface area contributed by atoms with Crippen LogP contribution in [0.2, 0.25) is 0 Å². The molecule has 1 unspecified atom stereocenters. The third kappa shape index (κ3) is 3.25. The molecule has 1 fully saturated rings. The highest BCUT2D eigenvalue weighted by Crippen LogP contribution is 2.31. The van der Waals surface area contributed by atoms with Gasteiger partial charge in [-0.3, -0.25) is 14.6 Å². The third-order valence-corrected chi connectivity index (χ3v) is 4.78. The lowest BCUT2D eigenvalue weighted by atomic mass is 9.81. The summed E-state index contributed by atoms with van der Waals surface area (Å²) < 4.78 is 0. The Morgan fingerprint density at radius 2 is 2.04 bits per heavy atom. The molecule has 0 radical (unpaired) electrons. The number of rotatable bonds is 2. The summed E-state index contributed by atoms with van der Waals surface area (Å²) in [6, 6.07) is 9.70. The topological polar surface area (TPSA) is 62.3 Å². The number of hydrogen-bond donors (Lipinski definition) is 1. The monoisotopic (exact) mass is 325 g/mol. The average molecular weight is 325 g/mol. The van der Waals surface area contributed by atoms with E-state index in [1.165, 1.54) is 0 Å². The van der Waals surface area contributed by atoms with Crippen molar-refractivity contribution in [2.24, 2.45) is 5.41 Å². The highest BCUT2D eigenvalue weighted by molar-refractivity contribution is 5.97. The standard InChI is InChI=1S/C19H23N3O2/c1-13-5-6-15-11-16(7-8-17(15)20-13)21-18(24)19(3)9-4-10-22(12-19)14(2)23/h5-8,11H,4,9-10,12H2,1-3H3,(H,21,24). The summed E-state index contributed by atoms with van der Waals surface area (Å²) in [6.45, 7) is 6.66. The summed E-state index contributed by atoms with van der Waals surface area (Å²) >= 11 is 0. The third-order valence-electron chi connectivity index (χ3n) is 4.78. The average Bonchev–Trinajstić information content (AvgIpc) is 2.55. The zero-order valence-electron chi connectivity index (χ0n) is 14.4. The van der Waals surface area contributed by atoms with Crippen LogP contribution in [0.15, 0.2) is 30.3 Å². The van der Waals surface area contributed by atoms with Gasteiger partial charge in [0.05, 0.1) is 10.9 Å². The minimum atomic E-state index is -0.551. The minimum absolute atomic E-state index is 0.0286. The van der Waals surface area contributed by atoms with E-state index >= 15 is 0 Å². The van der Waals surface area contributed by atoms with Gasteiger partial charge in [-0.05, 0) is 51.0 Å². The molecule has 1 aromatic carbocycles. The lowest BCUT2D eigenvalue weighted by Crippen LogP contribution is -2.49. The first kappa shape index (κ1) is 16.4. The maximum Gasteiger partial charge on any atom is 0.232 e. The Labute approximate surface area is 142 Å². The highest BCUT2D eigenvalue weighted by Gasteiger charge is 2.38. The Morgan fingerprint density at radius 1 is 1.25 bits per heavy atom. The van der Waals surface area contributed by atoms with E-state index in [0.29, 0.717) is 6.54 Å². The largest absolute Gasteiger partial charge is 0.342 e. The second-order valence-electron chi connectivity index (χ2n) is 6.92. The van der Waals surface area contributed by atoms with Crippen molar-refractivity contribution in [3.63, 3.8) is 0 Å². The van der Waals surface area contributed by atoms with Gasteiger partial charge >= 0.3 is 0 Å². The molecule has 0 spiro atoms. The van der Waals surface area contributed by atoms with Crippen LogP contribution < -0.4 is 5.32 Å². The van der Waals surface area contributed by atoms with Crippen LogP contribution in [-0.2, 0) is 9.59 Å². The molecule has 1 aliphatic heterocycles. The Balaban J connectivity index is 1.78. The first-order chi connectivity index (χ1) is 11.4. The molecule has 1 N–H and O–H groups in total. The van der Waals surface area contributed by atoms with Gasteiger partial charge in [-0.25, -0.2) is 0 Å². The van der Waals surface area contributed by atoms with E-state index in [2.05, 4.69) is 10.3 Å². The van der Waals surface area contributed by atoms with Gasteiger partial charge in [0.1, 0.15) is 0 Å². The number of likely N-dealkylation sites (tertiary alicyclic amines) is 1. The van der Waals surface area contributed by atoms with E-state index in [-0.39, 0.29) is 11.8 Å². The number of pyridine rings is 1. The number of anilines is 1. The molecule has 2 amide bonds. The van der Waals surface area contributed by atoms with Gasteiger partial charge < -0.3 is 10.2 Å². The maximum atomic E-state index is 12.8. The molecule has 126 valence electrons. The summed E-state index contributed by atoms with van der Waals surface area (Å²) in [7, 11) is 0. The van der Waals surface area contributed by atoms with E-state index in [4.69, 9.17) is 0 Å². The smallest absolute Gasteiger partial charge is 0.232 e. The number of aromatic nitrogens is 1. The van der Waals surface area contributed by atoms with Gasteiger partial charge in [-0.2, -0.15) is 0 Å². The maximum absolute atomic E-state index is 12.8. The molecule has 3 rings (SSSR count). The van der Waals surface area contributed by atoms with Gasteiger partial charge in [0, 0.05) is 36.8 Å². The predicted molar refractivity (Wildman–Crippen MR) is 94.7 cm³/mol. The fourth-order valence-corrected chi connectivity index (χ4v) is 3.28. The van der Waals surface area contributed by atoms with Crippen LogP contribution in [-0.4, -0.2) is 34.8 Å². The number of carbonyl (C=O) groups excluding carboxylic acids is 2. The molecule has 0 bridgehead atoms. The van der Waals surface area contributed by atoms with Crippen LogP contribution in [0.5, 0.6) is 0 Å². The number of hydrogen-bond acceptors (Lipinski definition) is 3. The second kappa shape index (κ2) is 6.23. The van der Waals surface area contributed by atoms with Crippen molar-refractivity contribution in [2.75, 3.05) is 18.4 Å². The molecule has 5 nitrogen and oxygen atoms in total. The van der Waals surface area contributed by atoms with Crippen LogP contribution in [0, 0.1) is 12.3 Å². The predicted octanol–water partition coefficient (Wildman–Crippen LogP) is 3.13. The minimum Gasteiger partial charge on any atom is -0.342 e. The van der Waals surface area contributed by atoms with Crippen molar-refractivity contribution in [1.29, 1.82) is 0 Å². The fraction of sp³-hybridized carbons (Fsp3) is 0.421. The molecule has 0 saturated carbocycles. The van der Waals surface area contributed by atoms with Crippen molar-refractivity contribution >= 4 is 28.4 Å². The SMILES string of the molecule is CC(=O)N1CCCC(C)(C(=O)Nc2ccc3nc(C)ccc3c2)C1. The molecule has 1 aliphatic rings. The van der Waals surface area contributed by atoms with Crippen LogP contribution in [0.3, 0.4) is 0 Å².